The number of aryl methyl sites for hydroxylation is 3. The Balaban J connectivity index is 2.09. The van der Waals surface area contributed by atoms with E-state index in [9.17, 15) is 18.0 Å². The van der Waals surface area contributed by atoms with Gasteiger partial charge in [-0.05, 0) is 80.3 Å². The smallest absolute Gasteiger partial charge is 0.264 e. The van der Waals surface area contributed by atoms with E-state index in [1.807, 2.05) is 26.8 Å². The zero-order chi connectivity index (χ0) is 28.9. The zero-order valence-corrected chi connectivity index (χ0v) is 25.0. The summed E-state index contributed by atoms with van der Waals surface area (Å²) < 4.78 is 28.9. The van der Waals surface area contributed by atoms with E-state index in [2.05, 4.69) is 5.32 Å². The second-order valence-corrected chi connectivity index (χ2v) is 12.1. The molecule has 0 radical (unpaired) electrons. The van der Waals surface area contributed by atoms with Crippen molar-refractivity contribution >= 4 is 50.7 Å². The molecule has 39 heavy (non-hydrogen) atoms. The number of carbonyl (C=O) groups is 2. The number of halogens is 2. The second kappa shape index (κ2) is 12.9. The Morgan fingerprint density at radius 1 is 0.897 bits per heavy atom. The van der Waals surface area contributed by atoms with E-state index in [1.165, 1.54) is 24.1 Å². The number of anilines is 1. The fourth-order valence-electron chi connectivity index (χ4n) is 4.17. The maximum atomic E-state index is 14.0. The van der Waals surface area contributed by atoms with Gasteiger partial charge in [0.2, 0.25) is 11.8 Å². The van der Waals surface area contributed by atoms with Gasteiger partial charge in [0.05, 0.1) is 20.6 Å². The van der Waals surface area contributed by atoms with Gasteiger partial charge in [0.1, 0.15) is 12.6 Å². The van der Waals surface area contributed by atoms with Gasteiger partial charge in [-0.15, -0.1) is 0 Å². The van der Waals surface area contributed by atoms with Crippen LogP contribution in [0.4, 0.5) is 5.69 Å². The first-order valence-electron chi connectivity index (χ1n) is 12.5. The van der Waals surface area contributed by atoms with Crippen LogP contribution in [-0.2, 0) is 26.2 Å². The van der Waals surface area contributed by atoms with Gasteiger partial charge in [-0.1, -0.05) is 60.0 Å². The topological polar surface area (TPSA) is 86.8 Å². The lowest BCUT2D eigenvalue weighted by Gasteiger charge is -2.33. The van der Waals surface area contributed by atoms with Crippen LogP contribution in [0.1, 0.15) is 35.6 Å². The molecule has 3 aromatic rings. The van der Waals surface area contributed by atoms with E-state index in [0.717, 1.165) is 21.0 Å². The first-order valence-corrected chi connectivity index (χ1v) is 14.7. The van der Waals surface area contributed by atoms with Crippen molar-refractivity contribution in [2.24, 2.45) is 0 Å². The van der Waals surface area contributed by atoms with E-state index in [0.29, 0.717) is 27.7 Å². The second-order valence-electron chi connectivity index (χ2n) is 9.40. The van der Waals surface area contributed by atoms with E-state index in [1.54, 1.807) is 49.4 Å². The molecule has 0 saturated heterocycles. The minimum atomic E-state index is -4.13. The van der Waals surface area contributed by atoms with E-state index >= 15 is 0 Å². The first kappa shape index (κ1) is 30.5. The molecule has 1 atom stereocenters. The Bertz CT molecular complexity index is 1460. The molecule has 0 bridgehead atoms. The Morgan fingerprint density at radius 3 is 2.13 bits per heavy atom. The van der Waals surface area contributed by atoms with Gasteiger partial charge < -0.3 is 10.2 Å². The third-order valence-corrected chi connectivity index (χ3v) is 9.16. The molecule has 3 rings (SSSR count). The quantitative estimate of drug-likeness (QED) is 0.330. The number of carbonyl (C=O) groups excluding carboxylic acids is 2. The molecule has 208 valence electrons. The summed E-state index contributed by atoms with van der Waals surface area (Å²) >= 11 is 12.3. The summed E-state index contributed by atoms with van der Waals surface area (Å²) in [7, 11) is -2.63. The van der Waals surface area contributed by atoms with Crippen LogP contribution in [0.3, 0.4) is 0 Å². The fourth-order valence-corrected chi connectivity index (χ4v) is 5.89. The normalized spacial score (nSPS) is 12.1. The van der Waals surface area contributed by atoms with Crippen LogP contribution in [0.2, 0.25) is 10.0 Å². The molecule has 2 amide bonds. The van der Waals surface area contributed by atoms with Crippen molar-refractivity contribution < 1.29 is 18.0 Å². The largest absolute Gasteiger partial charge is 0.357 e. The third kappa shape index (κ3) is 7.12. The van der Waals surface area contributed by atoms with Gasteiger partial charge in [-0.25, -0.2) is 8.42 Å². The highest BCUT2D eigenvalue weighted by Crippen LogP contribution is 2.28. The minimum absolute atomic E-state index is 0.0347. The van der Waals surface area contributed by atoms with Crippen LogP contribution in [-0.4, -0.2) is 44.8 Å². The number of hydrogen-bond donors (Lipinski definition) is 1. The summed E-state index contributed by atoms with van der Waals surface area (Å²) in [5.74, 6) is -0.893. The van der Waals surface area contributed by atoms with Gasteiger partial charge in [0.15, 0.2) is 0 Å². The van der Waals surface area contributed by atoms with Crippen LogP contribution >= 0.6 is 23.2 Å². The van der Waals surface area contributed by atoms with Gasteiger partial charge in [0.25, 0.3) is 10.0 Å². The summed E-state index contributed by atoms with van der Waals surface area (Å²) in [6.07, 6.45) is 0.321. The summed E-state index contributed by atoms with van der Waals surface area (Å²) in [4.78, 5) is 28.2. The molecule has 1 N–H and O–H groups in total. The summed E-state index contributed by atoms with van der Waals surface area (Å²) in [5.41, 5.74) is 3.79. The third-order valence-electron chi connectivity index (χ3n) is 6.64. The number of sulfonamides is 1. The van der Waals surface area contributed by atoms with Crippen LogP contribution in [0.5, 0.6) is 0 Å². The zero-order valence-electron chi connectivity index (χ0n) is 22.7. The minimum Gasteiger partial charge on any atom is -0.357 e. The highest BCUT2D eigenvalue weighted by molar-refractivity contribution is 7.92. The lowest BCUT2D eigenvalue weighted by molar-refractivity contribution is -0.140. The lowest BCUT2D eigenvalue weighted by atomic mass is 10.1. The molecule has 0 aliphatic heterocycles. The maximum Gasteiger partial charge on any atom is 0.264 e. The molecular formula is C29H33Cl2N3O4S. The number of likely N-dealkylation sites (N-methyl/N-ethyl adjacent to an activating group) is 1. The number of hydrogen-bond acceptors (Lipinski definition) is 4. The molecule has 10 heteroatoms. The predicted molar refractivity (Wildman–Crippen MR) is 157 cm³/mol. The number of benzene rings is 3. The molecule has 0 spiro atoms. The van der Waals surface area contributed by atoms with E-state index in [-0.39, 0.29) is 17.3 Å². The Labute approximate surface area is 240 Å². The number of nitrogens with one attached hydrogen (secondary N) is 1. The van der Waals surface area contributed by atoms with Crippen LogP contribution < -0.4 is 9.62 Å². The first-order chi connectivity index (χ1) is 18.4. The van der Waals surface area contributed by atoms with Crippen LogP contribution in [0.25, 0.3) is 0 Å². The van der Waals surface area contributed by atoms with E-state index in [4.69, 9.17) is 23.2 Å². The van der Waals surface area contributed by atoms with Crippen LogP contribution in [0.15, 0.2) is 65.6 Å². The molecule has 0 unspecified atom stereocenters. The van der Waals surface area contributed by atoms with Crippen molar-refractivity contribution in [1.29, 1.82) is 0 Å². The predicted octanol–water partition coefficient (Wildman–Crippen LogP) is 5.67. The highest BCUT2D eigenvalue weighted by atomic mass is 35.5. The number of rotatable bonds is 10. The van der Waals surface area contributed by atoms with Crippen molar-refractivity contribution in [2.75, 3.05) is 17.9 Å². The Hall–Kier alpha value is -3.07. The standard InChI is InChI=1S/C29H33Cl2N3O4S/c1-6-27(29(36)32-5)33(17-22-10-14-25(30)26(31)16-22)28(35)18-34(23-11-9-20(3)21(4)15-23)39(37,38)24-12-7-19(2)8-13-24/h7-16,27H,6,17-18H2,1-5H3,(H,32,36)/t27-/m0/s1. The molecule has 0 aliphatic carbocycles. The number of amides is 2. The molecule has 3 aromatic carbocycles. The van der Waals surface area contributed by atoms with Crippen molar-refractivity contribution in [3.8, 4) is 0 Å². The van der Waals surface area contributed by atoms with Gasteiger partial charge in [-0.3, -0.25) is 13.9 Å². The molecule has 0 heterocycles. The average molecular weight is 591 g/mol. The Morgan fingerprint density at radius 2 is 1.56 bits per heavy atom. The molecule has 0 fully saturated rings. The highest BCUT2D eigenvalue weighted by Gasteiger charge is 2.33. The SMILES string of the molecule is CC[C@@H](C(=O)NC)N(Cc1ccc(Cl)c(Cl)c1)C(=O)CN(c1ccc(C)c(C)c1)S(=O)(=O)c1ccc(C)cc1. The molecular weight excluding hydrogens is 557 g/mol. The van der Waals surface area contributed by atoms with Gasteiger partial charge in [0, 0.05) is 13.6 Å². The lowest BCUT2D eigenvalue weighted by Crippen LogP contribution is -2.51. The van der Waals surface area contributed by atoms with Crippen LogP contribution in [0, 0.1) is 20.8 Å². The molecule has 0 aliphatic rings. The van der Waals surface area contributed by atoms with Gasteiger partial charge >= 0.3 is 0 Å². The van der Waals surface area contributed by atoms with E-state index < -0.39 is 28.5 Å². The van der Waals surface area contributed by atoms with Crippen molar-refractivity contribution in [2.45, 2.75) is 51.6 Å². The monoisotopic (exact) mass is 589 g/mol. The fraction of sp³-hybridized carbons (Fsp3) is 0.310. The van der Waals surface area contributed by atoms with Crippen molar-refractivity contribution in [1.82, 2.24) is 10.2 Å². The summed E-state index contributed by atoms with van der Waals surface area (Å²) in [6.45, 7) is 7.00. The van der Waals surface area contributed by atoms with Crippen molar-refractivity contribution in [3.05, 3.63) is 93.0 Å². The average Bonchev–Trinajstić information content (AvgIpc) is 2.90. The number of nitrogens with zero attached hydrogens (tertiary/aromatic N) is 2. The molecule has 0 saturated carbocycles. The summed E-state index contributed by atoms with van der Waals surface area (Å²) in [5, 5.41) is 3.28. The van der Waals surface area contributed by atoms with Crippen molar-refractivity contribution in [3.63, 3.8) is 0 Å². The Kier molecular flexibility index (Phi) is 10.0. The molecule has 7 nitrogen and oxygen atoms in total. The van der Waals surface area contributed by atoms with Gasteiger partial charge in [-0.2, -0.15) is 0 Å². The maximum absolute atomic E-state index is 14.0. The molecule has 0 aromatic heterocycles. The summed E-state index contributed by atoms with van der Waals surface area (Å²) in [6, 6.07) is 15.8.